The van der Waals surface area contributed by atoms with Gasteiger partial charge in [0.1, 0.15) is 11.6 Å². The number of fused-ring (bicyclic) bond motifs is 4. The standard InChI is InChI=1S/C54H36N6/c1-3-15-43-37(11-1)13-9-17-45(43)53-47-23-21-42(60(40-27-33-56-34-28-40)52-20-6-8-30-58-52)36-50(47)54(46-18-10-14-38-12-2-4-16-44(38)46)48-24-22-41(35-49(48)53)59(39-25-31-55-32-26-39)51-19-5-7-29-57-51/h1-36H. The fraction of sp³-hybridized carbons (Fsp3) is 0. The lowest BCUT2D eigenvalue weighted by atomic mass is 9.83. The molecule has 6 nitrogen and oxygen atoms in total. The predicted molar refractivity (Wildman–Crippen MR) is 248 cm³/mol. The number of hydrogen-bond acceptors (Lipinski definition) is 6. The summed E-state index contributed by atoms with van der Waals surface area (Å²) in [6.07, 6.45) is 11.0. The lowest BCUT2D eigenvalue weighted by molar-refractivity contribution is 1.17. The van der Waals surface area contributed by atoms with Gasteiger partial charge in [0.15, 0.2) is 0 Å². The molecule has 0 saturated carbocycles. The fourth-order valence-corrected chi connectivity index (χ4v) is 8.74. The van der Waals surface area contributed by atoms with Crippen molar-refractivity contribution in [2.24, 2.45) is 0 Å². The van der Waals surface area contributed by atoms with Crippen LogP contribution in [0.4, 0.5) is 34.4 Å². The van der Waals surface area contributed by atoms with Crippen LogP contribution in [-0.2, 0) is 0 Å². The molecule has 0 aliphatic heterocycles. The predicted octanol–water partition coefficient (Wildman–Crippen LogP) is 14.2. The lowest BCUT2D eigenvalue weighted by Crippen LogP contribution is -2.12. The molecule has 7 aromatic carbocycles. The van der Waals surface area contributed by atoms with E-state index in [2.05, 4.69) is 153 Å². The Bertz CT molecular complexity index is 3010. The van der Waals surface area contributed by atoms with E-state index in [1.54, 1.807) is 0 Å². The number of benzene rings is 7. The summed E-state index contributed by atoms with van der Waals surface area (Å²) in [6, 6.07) is 64.6. The van der Waals surface area contributed by atoms with Crippen molar-refractivity contribution >= 4 is 77.5 Å². The zero-order valence-corrected chi connectivity index (χ0v) is 32.5. The van der Waals surface area contributed by atoms with Crippen molar-refractivity contribution in [3.63, 3.8) is 0 Å². The summed E-state index contributed by atoms with van der Waals surface area (Å²) < 4.78 is 0. The second-order valence-corrected chi connectivity index (χ2v) is 14.7. The van der Waals surface area contributed by atoms with Gasteiger partial charge in [0.05, 0.1) is 11.4 Å². The van der Waals surface area contributed by atoms with E-state index in [0.717, 1.165) is 67.1 Å². The van der Waals surface area contributed by atoms with Gasteiger partial charge in [-0.15, -0.1) is 0 Å². The topological polar surface area (TPSA) is 58.0 Å². The normalized spacial score (nSPS) is 11.3. The van der Waals surface area contributed by atoms with Gasteiger partial charge in [0.25, 0.3) is 0 Å². The van der Waals surface area contributed by atoms with Gasteiger partial charge >= 0.3 is 0 Å². The molecule has 0 radical (unpaired) electrons. The van der Waals surface area contributed by atoms with Gasteiger partial charge < -0.3 is 0 Å². The Morgan fingerprint density at radius 1 is 0.283 bits per heavy atom. The first kappa shape index (κ1) is 35.0. The Morgan fingerprint density at radius 3 is 1.13 bits per heavy atom. The van der Waals surface area contributed by atoms with Crippen LogP contribution in [0.5, 0.6) is 0 Å². The van der Waals surface area contributed by atoms with Crippen LogP contribution in [0.3, 0.4) is 0 Å². The zero-order valence-electron chi connectivity index (χ0n) is 32.5. The van der Waals surface area contributed by atoms with Crippen LogP contribution in [0, 0.1) is 0 Å². The molecule has 11 aromatic rings. The van der Waals surface area contributed by atoms with E-state index in [-0.39, 0.29) is 0 Å². The Morgan fingerprint density at radius 2 is 0.700 bits per heavy atom. The molecule has 0 amide bonds. The number of pyridine rings is 4. The third-order valence-corrected chi connectivity index (χ3v) is 11.3. The van der Waals surface area contributed by atoms with Crippen molar-refractivity contribution in [3.8, 4) is 22.3 Å². The van der Waals surface area contributed by atoms with Gasteiger partial charge in [0.2, 0.25) is 0 Å². The molecule has 4 aromatic heterocycles. The van der Waals surface area contributed by atoms with Gasteiger partial charge in [-0.3, -0.25) is 19.8 Å². The van der Waals surface area contributed by atoms with Crippen LogP contribution in [0.1, 0.15) is 0 Å². The zero-order chi connectivity index (χ0) is 39.8. The molecule has 0 bridgehead atoms. The quantitative estimate of drug-likeness (QED) is 0.144. The molecular formula is C54H36N6. The molecule has 0 unspecified atom stereocenters. The molecular weight excluding hydrogens is 733 g/mol. The second kappa shape index (κ2) is 14.9. The second-order valence-electron chi connectivity index (χ2n) is 14.7. The number of aromatic nitrogens is 4. The molecule has 0 saturated heterocycles. The Labute approximate surface area is 347 Å². The molecule has 0 aliphatic rings. The van der Waals surface area contributed by atoms with Crippen LogP contribution in [0.25, 0.3) is 65.3 Å². The highest BCUT2D eigenvalue weighted by Gasteiger charge is 2.24. The van der Waals surface area contributed by atoms with Gasteiger partial charge in [-0.25, -0.2) is 9.97 Å². The SMILES string of the molecule is c1ccc(N(c2ccncc2)c2ccc3c(-c4cccc5ccccc45)c4cc(N(c5ccncc5)c5ccccn5)ccc4c(-c4cccc5ccccc45)c3c2)nc1. The first-order valence-corrected chi connectivity index (χ1v) is 20.0. The summed E-state index contributed by atoms with van der Waals surface area (Å²) in [4.78, 5) is 22.8. The average Bonchev–Trinajstić information content (AvgIpc) is 3.32. The third-order valence-electron chi connectivity index (χ3n) is 11.3. The number of anilines is 6. The Hall–Kier alpha value is -8.22. The molecule has 0 N–H and O–H groups in total. The highest BCUT2D eigenvalue weighted by Crippen LogP contribution is 2.50. The first-order chi connectivity index (χ1) is 29.8. The molecule has 60 heavy (non-hydrogen) atoms. The summed E-state index contributed by atoms with van der Waals surface area (Å²) in [5.41, 5.74) is 8.60. The van der Waals surface area contributed by atoms with Crippen molar-refractivity contribution in [1.29, 1.82) is 0 Å². The van der Waals surface area contributed by atoms with Crippen LogP contribution in [-0.4, -0.2) is 19.9 Å². The fourth-order valence-electron chi connectivity index (χ4n) is 8.74. The van der Waals surface area contributed by atoms with Gasteiger partial charge in [-0.05, 0) is 138 Å². The molecule has 282 valence electrons. The number of hydrogen-bond donors (Lipinski definition) is 0. The maximum absolute atomic E-state index is 4.85. The molecule has 11 rings (SSSR count). The summed E-state index contributed by atoms with van der Waals surface area (Å²) in [7, 11) is 0. The van der Waals surface area contributed by atoms with E-state index in [4.69, 9.17) is 9.97 Å². The minimum absolute atomic E-state index is 0.820. The number of rotatable bonds is 8. The lowest BCUT2D eigenvalue weighted by Gasteiger charge is -2.27. The highest BCUT2D eigenvalue weighted by molar-refractivity contribution is 6.26. The van der Waals surface area contributed by atoms with Crippen LogP contribution in [0.2, 0.25) is 0 Å². The summed E-state index contributed by atoms with van der Waals surface area (Å²) >= 11 is 0. The van der Waals surface area contributed by atoms with Crippen molar-refractivity contribution in [1.82, 2.24) is 19.9 Å². The van der Waals surface area contributed by atoms with E-state index >= 15 is 0 Å². The van der Waals surface area contributed by atoms with Crippen molar-refractivity contribution in [2.45, 2.75) is 0 Å². The monoisotopic (exact) mass is 768 g/mol. The summed E-state index contributed by atoms with van der Waals surface area (Å²) in [6.45, 7) is 0. The van der Waals surface area contributed by atoms with Crippen molar-refractivity contribution in [3.05, 3.63) is 219 Å². The summed E-state index contributed by atoms with van der Waals surface area (Å²) in [5, 5.41) is 9.32. The van der Waals surface area contributed by atoms with Crippen molar-refractivity contribution < 1.29 is 0 Å². The molecule has 0 atom stereocenters. The smallest absolute Gasteiger partial charge is 0.137 e. The third kappa shape index (κ3) is 6.06. The van der Waals surface area contributed by atoms with E-state index in [9.17, 15) is 0 Å². The minimum Gasteiger partial charge on any atom is -0.295 e. The molecule has 0 spiro atoms. The maximum atomic E-state index is 4.85. The van der Waals surface area contributed by atoms with E-state index < -0.39 is 0 Å². The highest BCUT2D eigenvalue weighted by atomic mass is 15.2. The van der Waals surface area contributed by atoms with Crippen LogP contribution >= 0.6 is 0 Å². The molecule has 0 fully saturated rings. The van der Waals surface area contributed by atoms with Crippen molar-refractivity contribution in [2.75, 3.05) is 9.80 Å². The molecule has 0 aliphatic carbocycles. The summed E-state index contributed by atoms with van der Waals surface area (Å²) in [5.74, 6) is 1.64. The van der Waals surface area contributed by atoms with Gasteiger partial charge in [0, 0.05) is 48.6 Å². The Balaban J connectivity index is 1.30. The first-order valence-electron chi connectivity index (χ1n) is 20.0. The molecule has 6 heteroatoms. The van der Waals surface area contributed by atoms with Crippen LogP contribution in [0.15, 0.2) is 219 Å². The average molecular weight is 769 g/mol. The largest absolute Gasteiger partial charge is 0.295 e. The van der Waals surface area contributed by atoms with E-state index in [1.165, 1.54) is 32.7 Å². The Kier molecular flexibility index (Phi) is 8.71. The van der Waals surface area contributed by atoms with E-state index in [0.29, 0.717) is 0 Å². The van der Waals surface area contributed by atoms with E-state index in [1.807, 2.05) is 85.7 Å². The van der Waals surface area contributed by atoms with Crippen LogP contribution < -0.4 is 9.80 Å². The number of nitrogens with zero attached hydrogens (tertiary/aromatic N) is 6. The maximum Gasteiger partial charge on any atom is 0.137 e. The van der Waals surface area contributed by atoms with Gasteiger partial charge in [-0.2, -0.15) is 0 Å². The molecule has 4 heterocycles. The minimum atomic E-state index is 0.820. The van der Waals surface area contributed by atoms with Gasteiger partial charge in [-0.1, -0.05) is 109 Å².